The summed E-state index contributed by atoms with van der Waals surface area (Å²) < 4.78 is 6.09. The molecule has 0 fully saturated rings. The van der Waals surface area contributed by atoms with E-state index in [1.54, 1.807) is 11.1 Å². The van der Waals surface area contributed by atoms with E-state index < -0.39 is 0 Å². The zero-order valence-electron chi connectivity index (χ0n) is 15.2. The van der Waals surface area contributed by atoms with Crippen molar-refractivity contribution in [3.63, 3.8) is 0 Å². The van der Waals surface area contributed by atoms with Crippen LogP contribution in [0, 0.1) is 0 Å². The Bertz CT molecular complexity index is 940. The monoisotopic (exact) mass is 359 g/mol. The van der Waals surface area contributed by atoms with Crippen LogP contribution in [-0.2, 0) is 13.0 Å². The van der Waals surface area contributed by atoms with Crippen LogP contribution >= 0.6 is 0 Å². The third-order valence-electron chi connectivity index (χ3n) is 4.66. The molecule has 1 aliphatic heterocycles. The molecule has 2 heterocycles. The van der Waals surface area contributed by atoms with Crippen molar-refractivity contribution in [2.75, 3.05) is 11.9 Å². The molecule has 0 aliphatic carbocycles. The number of nitrogens with one attached hydrogen (secondary N) is 1. The van der Waals surface area contributed by atoms with Crippen LogP contribution in [0.5, 0.6) is 11.5 Å². The molecule has 1 N–H and O–H groups in total. The van der Waals surface area contributed by atoms with E-state index in [1.807, 2.05) is 31.2 Å². The number of benzene rings is 2. The molecule has 5 heteroatoms. The summed E-state index contributed by atoms with van der Waals surface area (Å²) in [6.07, 6.45) is 2.54. The second-order valence-corrected chi connectivity index (χ2v) is 6.49. The Kier molecular flexibility index (Phi) is 4.75. The number of ether oxygens (including phenoxy) is 1. The van der Waals surface area contributed by atoms with Crippen molar-refractivity contribution in [1.82, 2.24) is 9.88 Å². The van der Waals surface area contributed by atoms with E-state index in [1.165, 1.54) is 11.1 Å². The Morgan fingerprint density at radius 2 is 1.78 bits per heavy atom. The number of anilines is 1. The average Bonchev–Trinajstić information content (AvgIpc) is 2.70. The van der Waals surface area contributed by atoms with Crippen molar-refractivity contribution in [3.8, 4) is 11.5 Å². The maximum Gasteiger partial charge on any atom is 0.323 e. The van der Waals surface area contributed by atoms with Crippen molar-refractivity contribution >= 4 is 11.8 Å². The fourth-order valence-electron chi connectivity index (χ4n) is 3.16. The van der Waals surface area contributed by atoms with Gasteiger partial charge in [0, 0.05) is 12.7 Å². The van der Waals surface area contributed by atoms with Gasteiger partial charge in [-0.3, -0.25) is 5.32 Å². The number of amides is 2. The lowest BCUT2D eigenvalue weighted by Gasteiger charge is -2.28. The van der Waals surface area contributed by atoms with Gasteiger partial charge in [0.05, 0.1) is 12.1 Å². The number of urea groups is 1. The molecule has 4 rings (SSSR count). The fraction of sp³-hybridized carbons (Fsp3) is 0.182. The van der Waals surface area contributed by atoms with Gasteiger partial charge in [0.15, 0.2) is 0 Å². The highest BCUT2D eigenvalue weighted by molar-refractivity contribution is 5.91. The summed E-state index contributed by atoms with van der Waals surface area (Å²) in [5.74, 6) is 2.05. The van der Waals surface area contributed by atoms with Crippen molar-refractivity contribution < 1.29 is 9.53 Å². The average molecular weight is 359 g/mol. The molecule has 2 amide bonds. The molecular formula is C22H21N3O2. The third kappa shape index (κ3) is 3.77. The molecule has 0 saturated heterocycles. The normalized spacial score (nSPS) is 13.1. The number of fused-ring (bicyclic) bond motifs is 1. The minimum absolute atomic E-state index is 0.125. The zero-order valence-corrected chi connectivity index (χ0v) is 15.2. The van der Waals surface area contributed by atoms with Crippen LogP contribution in [0.3, 0.4) is 0 Å². The molecule has 1 aromatic heterocycles. The van der Waals surface area contributed by atoms with Gasteiger partial charge in [-0.1, -0.05) is 42.5 Å². The lowest BCUT2D eigenvalue weighted by molar-refractivity contribution is 0.209. The largest absolute Gasteiger partial charge is 0.457 e. The van der Waals surface area contributed by atoms with Gasteiger partial charge in [-0.05, 0) is 42.7 Å². The molecule has 0 bridgehead atoms. The third-order valence-corrected chi connectivity index (χ3v) is 4.66. The smallest absolute Gasteiger partial charge is 0.323 e. The Labute approximate surface area is 158 Å². The standard InChI is InChI=1S/C22H21N3O2/c1-2-25-15-19-20(12-13-23-21(19)24-22(25)26)27-18-10-8-17(9-11-18)14-16-6-4-3-5-7-16/h3-13H,2,14-15H2,1H3,(H,23,24,26). The first kappa shape index (κ1) is 17.1. The van der Waals surface area contributed by atoms with Crippen LogP contribution in [0.4, 0.5) is 10.6 Å². The van der Waals surface area contributed by atoms with Crippen LogP contribution < -0.4 is 10.1 Å². The van der Waals surface area contributed by atoms with E-state index in [9.17, 15) is 4.79 Å². The summed E-state index contributed by atoms with van der Waals surface area (Å²) in [4.78, 5) is 18.0. The lowest BCUT2D eigenvalue weighted by atomic mass is 10.1. The van der Waals surface area contributed by atoms with Crippen molar-refractivity contribution in [3.05, 3.63) is 83.6 Å². The van der Waals surface area contributed by atoms with E-state index in [0.29, 0.717) is 24.7 Å². The number of carbonyl (C=O) groups is 1. The zero-order chi connectivity index (χ0) is 18.6. The van der Waals surface area contributed by atoms with E-state index in [2.05, 4.69) is 46.7 Å². The van der Waals surface area contributed by atoms with E-state index in [0.717, 1.165) is 17.7 Å². The maximum absolute atomic E-state index is 12.0. The maximum atomic E-state index is 12.0. The van der Waals surface area contributed by atoms with Gasteiger partial charge in [0.2, 0.25) is 0 Å². The Hall–Kier alpha value is -3.34. The Balaban J connectivity index is 1.52. The highest BCUT2D eigenvalue weighted by Crippen LogP contribution is 2.33. The molecule has 0 radical (unpaired) electrons. The number of nitrogens with zero attached hydrogens (tertiary/aromatic N) is 2. The summed E-state index contributed by atoms with van der Waals surface area (Å²) in [5, 5.41) is 2.82. The molecule has 0 saturated carbocycles. The number of hydrogen-bond acceptors (Lipinski definition) is 3. The molecule has 1 aliphatic rings. The number of carbonyl (C=O) groups excluding carboxylic acids is 1. The van der Waals surface area contributed by atoms with E-state index >= 15 is 0 Å². The number of aromatic nitrogens is 1. The summed E-state index contributed by atoms with van der Waals surface area (Å²) in [5.41, 5.74) is 3.41. The first-order chi connectivity index (χ1) is 13.2. The van der Waals surface area contributed by atoms with Gasteiger partial charge >= 0.3 is 6.03 Å². The first-order valence-electron chi connectivity index (χ1n) is 9.07. The summed E-state index contributed by atoms with van der Waals surface area (Å²) in [7, 11) is 0. The predicted octanol–water partition coefficient (Wildman–Crippen LogP) is 4.83. The summed E-state index contributed by atoms with van der Waals surface area (Å²) in [6, 6.07) is 20.2. The highest BCUT2D eigenvalue weighted by atomic mass is 16.5. The SMILES string of the molecule is CCN1Cc2c(Oc3ccc(Cc4ccccc4)cc3)ccnc2NC1=O. The molecule has 3 aromatic rings. The van der Waals surface area contributed by atoms with Crippen molar-refractivity contribution in [2.24, 2.45) is 0 Å². The minimum atomic E-state index is -0.125. The van der Waals surface area contributed by atoms with Gasteiger partial charge in [-0.15, -0.1) is 0 Å². The van der Waals surface area contributed by atoms with E-state index in [-0.39, 0.29) is 6.03 Å². The molecule has 5 nitrogen and oxygen atoms in total. The fourth-order valence-corrected chi connectivity index (χ4v) is 3.16. The second kappa shape index (κ2) is 7.50. The molecule has 136 valence electrons. The topological polar surface area (TPSA) is 54.5 Å². The molecule has 0 atom stereocenters. The van der Waals surface area contributed by atoms with Crippen LogP contribution in [0.1, 0.15) is 23.6 Å². The molecule has 0 spiro atoms. The van der Waals surface area contributed by atoms with Crippen molar-refractivity contribution in [1.29, 1.82) is 0 Å². The van der Waals surface area contributed by atoms with Crippen molar-refractivity contribution in [2.45, 2.75) is 19.9 Å². The summed E-state index contributed by atoms with van der Waals surface area (Å²) >= 11 is 0. The first-order valence-corrected chi connectivity index (χ1v) is 9.07. The predicted molar refractivity (Wildman–Crippen MR) is 105 cm³/mol. The molecule has 0 unspecified atom stereocenters. The lowest BCUT2D eigenvalue weighted by Crippen LogP contribution is -2.38. The molecule has 2 aromatic carbocycles. The van der Waals surface area contributed by atoms with E-state index in [4.69, 9.17) is 4.74 Å². The van der Waals surface area contributed by atoms with Crippen LogP contribution in [0.25, 0.3) is 0 Å². The van der Waals surface area contributed by atoms with Gasteiger partial charge < -0.3 is 9.64 Å². The molecule has 27 heavy (non-hydrogen) atoms. The Morgan fingerprint density at radius 3 is 2.52 bits per heavy atom. The van der Waals surface area contributed by atoms with Gasteiger partial charge in [-0.25, -0.2) is 9.78 Å². The number of rotatable bonds is 5. The van der Waals surface area contributed by atoms with Crippen LogP contribution in [-0.4, -0.2) is 22.5 Å². The minimum Gasteiger partial charge on any atom is -0.457 e. The van der Waals surface area contributed by atoms with Gasteiger partial charge in [0.1, 0.15) is 17.3 Å². The quantitative estimate of drug-likeness (QED) is 0.710. The van der Waals surface area contributed by atoms with Crippen LogP contribution in [0.15, 0.2) is 66.9 Å². The van der Waals surface area contributed by atoms with Crippen LogP contribution in [0.2, 0.25) is 0 Å². The van der Waals surface area contributed by atoms with Gasteiger partial charge in [0.25, 0.3) is 0 Å². The second-order valence-electron chi connectivity index (χ2n) is 6.49. The number of hydrogen-bond donors (Lipinski definition) is 1. The molecular weight excluding hydrogens is 338 g/mol. The Morgan fingerprint density at radius 1 is 1.04 bits per heavy atom. The summed E-state index contributed by atoms with van der Waals surface area (Å²) in [6.45, 7) is 3.08. The van der Waals surface area contributed by atoms with Gasteiger partial charge in [-0.2, -0.15) is 0 Å². The number of pyridine rings is 1. The highest BCUT2D eigenvalue weighted by Gasteiger charge is 2.25.